The van der Waals surface area contributed by atoms with Gasteiger partial charge in [-0.15, -0.1) is 11.6 Å². The number of hydrogen-bond donors (Lipinski definition) is 1. The molecule has 76 valence electrons. The zero-order valence-electron chi connectivity index (χ0n) is 8.03. The Labute approximate surface area is 88.5 Å². The number of nitrogens with one attached hydrogen (secondary N) is 1. The number of pyridine rings is 1. The highest BCUT2D eigenvalue weighted by molar-refractivity contribution is 6.19. The van der Waals surface area contributed by atoms with Gasteiger partial charge in [0.2, 0.25) is 5.91 Å². The van der Waals surface area contributed by atoms with Gasteiger partial charge >= 0.3 is 0 Å². The van der Waals surface area contributed by atoms with Gasteiger partial charge in [0.25, 0.3) is 0 Å². The van der Waals surface area contributed by atoms with Crippen LogP contribution >= 0.6 is 11.6 Å². The number of carbonyl (C=O) groups is 1. The molecule has 1 unspecified atom stereocenters. The molecule has 3 nitrogen and oxygen atoms in total. The molecule has 0 radical (unpaired) electrons. The van der Waals surface area contributed by atoms with Gasteiger partial charge in [-0.25, -0.2) is 0 Å². The fourth-order valence-electron chi connectivity index (χ4n) is 0.925. The maximum Gasteiger partial charge on any atom is 0.224 e. The van der Waals surface area contributed by atoms with E-state index in [0.29, 0.717) is 12.4 Å². The van der Waals surface area contributed by atoms with Crippen molar-refractivity contribution in [2.45, 2.75) is 13.5 Å². The van der Waals surface area contributed by atoms with E-state index in [2.05, 4.69) is 10.3 Å². The van der Waals surface area contributed by atoms with Crippen molar-refractivity contribution in [1.82, 2.24) is 10.3 Å². The Kier molecular flexibility index (Phi) is 4.40. The van der Waals surface area contributed by atoms with E-state index < -0.39 is 0 Å². The summed E-state index contributed by atoms with van der Waals surface area (Å²) in [6, 6.07) is 5.60. The summed E-state index contributed by atoms with van der Waals surface area (Å²) in [4.78, 5) is 15.4. The van der Waals surface area contributed by atoms with Gasteiger partial charge in [0.15, 0.2) is 0 Å². The molecule has 0 saturated carbocycles. The normalized spacial score (nSPS) is 12.1. The number of aromatic nitrogens is 1. The molecular weight excluding hydrogens is 200 g/mol. The molecule has 14 heavy (non-hydrogen) atoms. The molecule has 1 atom stereocenters. The van der Waals surface area contributed by atoms with Crippen LogP contribution in [0.15, 0.2) is 24.4 Å². The third-order valence-corrected chi connectivity index (χ3v) is 2.31. The number of alkyl halides is 1. The molecule has 1 amide bonds. The summed E-state index contributed by atoms with van der Waals surface area (Å²) in [5.41, 5.74) is 0.850. The molecule has 0 saturated heterocycles. The second kappa shape index (κ2) is 5.60. The molecule has 1 N–H and O–H groups in total. The fraction of sp³-hybridized carbons (Fsp3) is 0.400. The zero-order chi connectivity index (χ0) is 10.4. The van der Waals surface area contributed by atoms with Crippen LogP contribution in [0.4, 0.5) is 0 Å². The SMILES string of the molecule is CC(CCl)C(=O)NCc1ccccn1. The van der Waals surface area contributed by atoms with Crippen molar-refractivity contribution >= 4 is 17.5 Å². The first-order valence-corrected chi connectivity index (χ1v) is 5.01. The van der Waals surface area contributed by atoms with E-state index in [9.17, 15) is 4.79 Å². The summed E-state index contributed by atoms with van der Waals surface area (Å²) in [6.45, 7) is 2.25. The van der Waals surface area contributed by atoms with E-state index in [0.717, 1.165) is 5.69 Å². The van der Waals surface area contributed by atoms with Gasteiger partial charge in [0, 0.05) is 18.0 Å². The minimum absolute atomic E-state index is 0.0364. The average molecular weight is 213 g/mol. The highest BCUT2D eigenvalue weighted by Crippen LogP contribution is 1.99. The number of nitrogens with zero attached hydrogens (tertiary/aromatic N) is 1. The topological polar surface area (TPSA) is 42.0 Å². The minimum Gasteiger partial charge on any atom is -0.350 e. The number of rotatable bonds is 4. The second-order valence-corrected chi connectivity index (χ2v) is 3.40. The third kappa shape index (κ3) is 3.34. The lowest BCUT2D eigenvalue weighted by atomic mass is 10.2. The molecule has 1 aromatic rings. The predicted molar refractivity (Wildman–Crippen MR) is 56.0 cm³/mol. The molecule has 0 aliphatic rings. The van der Waals surface area contributed by atoms with Gasteiger partial charge in [-0.3, -0.25) is 9.78 Å². The summed E-state index contributed by atoms with van der Waals surface area (Å²) in [5, 5.41) is 2.76. The van der Waals surface area contributed by atoms with E-state index in [4.69, 9.17) is 11.6 Å². The largest absolute Gasteiger partial charge is 0.350 e. The Morgan fingerprint density at radius 1 is 1.64 bits per heavy atom. The molecule has 0 fully saturated rings. The molecule has 1 aromatic heterocycles. The predicted octanol–water partition coefficient (Wildman–Crippen LogP) is 1.57. The van der Waals surface area contributed by atoms with Crippen LogP contribution in [0.25, 0.3) is 0 Å². The van der Waals surface area contributed by atoms with Crippen LogP contribution in [0.5, 0.6) is 0 Å². The van der Waals surface area contributed by atoms with Crippen LogP contribution in [0.3, 0.4) is 0 Å². The second-order valence-electron chi connectivity index (χ2n) is 3.09. The molecule has 0 aliphatic heterocycles. The van der Waals surface area contributed by atoms with E-state index in [-0.39, 0.29) is 11.8 Å². The van der Waals surface area contributed by atoms with E-state index in [1.807, 2.05) is 18.2 Å². The lowest BCUT2D eigenvalue weighted by molar-refractivity contribution is -0.124. The molecule has 0 aromatic carbocycles. The smallest absolute Gasteiger partial charge is 0.224 e. The zero-order valence-corrected chi connectivity index (χ0v) is 8.79. The van der Waals surface area contributed by atoms with Gasteiger partial charge in [-0.05, 0) is 12.1 Å². The lowest BCUT2D eigenvalue weighted by Crippen LogP contribution is -2.29. The Bertz CT molecular complexity index is 289. The monoisotopic (exact) mass is 212 g/mol. The first kappa shape index (κ1) is 11.0. The van der Waals surface area contributed by atoms with Gasteiger partial charge in [-0.2, -0.15) is 0 Å². The van der Waals surface area contributed by atoms with Crippen molar-refractivity contribution in [3.05, 3.63) is 30.1 Å². The number of hydrogen-bond acceptors (Lipinski definition) is 2. The number of carbonyl (C=O) groups excluding carboxylic acids is 1. The van der Waals surface area contributed by atoms with Crippen molar-refractivity contribution in [2.24, 2.45) is 5.92 Å². The van der Waals surface area contributed by atoms with Gasteiger partial charge in [0.1, 0.15) is 0 Å². The van der Waals surface area contributed by atoms with E-state index >= 15 is 0 Å². The summed E-state index contributed by atoms with van der Waals surface area (Å²) in [6.07, 6.45) is 1.70. The van der Waals surface area contributed by atoms with Crippen LogP contribution in [0.2, 0.25) is 0 Å². The Morgan fingerprint density at radius 2 is 2.43 bits per heavy atom. The van der Waals surface area contributed by atoms with E-state index in [1.54, 1.807) is 13.1 Å². The highest BCUT2D eigenvalue weighted by atomic mass is 35.5. The number of halogens is 1. The Balaban J connectivity index is 2.38. The Hall–Kier alpha value is -1.09. The van der Waals surface area contributed by atoms with Crippen molar-refractivity contribution in [3.8, 4) is 0 Å². The summed E-state index contributed by atoms with van der Waals surface area (Å²) >= 11 is 5.55. The van der Waals surface area contributed by atoms with Gasteiger partial charge in [0.05, 0.1) is 12.2 Å². The third-order valence-electron chi connectivity index (χ3n) is 1.85. The maximum absolute atomic E-state index is 11.3. The molecule has 0 spiro atoms. The first-order chi connectivity index (χ1) is 6.74. The fourth-order valence-corrected chi connectivity index (χ4v) is 1.06. The van der Waals surface area contributed by atoms with Crippen LogP contribution < -0.4 is 5.32 Å². The first-order valence-electron chi connectivity index (χ1n) is 4.47. The highest BCUT2D eigenvalue weighted by Gasteiger charge is 2.10. The molecule has 4 heteroatoms. The summed E-state index contributed by atoms with van der Waals surface area (Å²) < 4.78 is 0. The molecule has 0 bridgehead atoms. The Morgan fingerprint density at radius 3 is 3.00 bits per heavy atom. The average Bonchev–Trinajstić information content (AvgIpc) is 2.26. The van der Waals surface area contributed by atoms with Crippen molar-refractivity contribution < 1.29 is 4.79 Å². The van der Waals surface area contributed by atoms with Crippen molar-refractivity contribution in [2.75, 3.05) is 5.88 Å². The van der Waals surface area contributed by atoms with E-state index in [1.165, 1.54) is 0 Å². The van der Waals surface area contributed by atoms with Crippen LogP contribution in [0, 0.1) is 5.92 Å². The minimum atomic E-state index is -0.152. The molecular formula is C10H13ClN2O. The lowest BCUT2D eigenvalue weighted by Gasteiger charge is -2.08. The van der Waals surface area contributed by atoms with Crippen LogP contribution in [-0.4, -0.2) is 16.8 Å². The quantitative estimate of drug-likeness (QED) is 0.770. The summed E-state index contributed by atoms with van der Waals surface area (Å²) in [7, 11) is 0. The van der Waals surface area contributed by atoms with Crippen LogP contribution in [-0.2, 0) is 11.3 Å². The maximum atomic E-state index is 11.3. The van der Waals surface area contributed by atoms with Gasteiger partial charge < -0.3 is 5.32 Å². The van der Waals surface area contributed by atoms with Gasteiger partial charge in [-0.1, -0.05) is 13.0 Å². The molecule has 1 rings (SSSR count). The van der Waals surface area contributed by atoms with Crippen molar-refractivity contribution in [3.63, 3.8) is 0 Å². The van der Waals surface area contributed by atoms with Crippen molar-refractivity contribution in [1.29, 1.82) is 0 Å². The number of amides is 1. The molecule has 0 aliphatic carbocycles. The van der Waals surface area contributed by atoms with Crippen LogP contribution in [0.1, 0.15) is 12.6 Å². The molecule has 1 heterocycles. The standard InChI is InChI=1S/C10H13ClN2O/c1-8(6-11)10(14)13-7-9-4-2-3-5-12-9/h2-5,8H,6-7H2,1H3,(H,13,14). The summed E-state index contributed by atoms with van der Waals surface area (Å²) in [5.74, 6) is 0.152.